The van der Waals surface area contributed by atoms with Crippen LogP contribution in [0.3, 0.4) is 0 Å². The normalized spacial score (nSPS) is 12.7. The van der Waals surface area contributed by atoms with Crippen LogP contribution < -0.4 is 5.46 Å². The van der Waals surface area contributed by atoms with E-state index in [4.69, 9.17) is 50.8 Å². The van der Waals surface area contributed by atoms with Gasteiger partial charge in [-0.1, -0.05) is 376 Å². The first-order valence-corrected chi connectivity index (χ1v) is 50.0. The second kappa shape index (κ2) is 39.9. The molecular weight excluding hydrogens is 1860 g/mol. The summed E-state index contributed by atoms with van der Waals surface area (Å²) in [6.07, 6.45) is 1.10. The summed E-state index contributed by atoms with van der Waals surface area (Å²) in [5, 5.41) is 8.92. The molecule has 0 radical (unpaired) electrons. The van der Waals surface area contributed by atoms with Crippen LogP contribution >= 0.6 is 11.6 Å². The van der Waals surface area contributed by atoms with Crippen LogP contribution in [0.1, 0.15) is 38.8 Å². The van der Waals surface area contributed by atoms with Gasteiger partial charge in [0.05, 0.1) is 66.6 Å². The number of rotatable bonds is 13. The standard InChI is InChI=1S/C45H29N5.C33H21FN4.C24H23BFNO2.C15H10ClN3.C13H10/c1-4-16-30(17-5-1)43-46-44(31-18-6-2-7-19-31)48-45(47-43)37-28-36-35-24-12-13-25-38(35)49(32-20-8-3-9-21-32)41(36)29-42(37)50-39-26-14-10-22-33(39)34-23-11-15-27-40(34)50;34-28-21-30-26(25-18-10-11-19-29(25)38(30)24-16-8-3-9-17-24)20-27(28)33-36-31(22-12-4-1-5-13-22)35-32(37-33)23-14-6-2-7-15-23;1-23(2)24(3,4)29-25(28-23)19-14-18-17-12-8-9-13-21(17)27(22(18)15-20(19)26)16-10-6-5-7-11-16;16-15-18-13(11-7-3-1-4-8-11)17-14(19-15)12-9-5-2-6-10-12;1-3-7-12-10(5-1)9-11-6-2-4-8-13(11)12/h1-29H;1-21H;5-15H,1-4H3;1-10H;1-8H,9H2. The van der Waals surface area contributed by atoms with Gasteiger partial charge in [-0.3, -0.25) is 0 Å². The fraction of sp³-hybridized carbons (Fsp3) is 0.0538. The Balaban J connectivity index is 0.000000106. The maximum Gasteiger partial charge on any atom is 0.497 e. The molecule has 1 saturated heterocycles. The smallest absolute Gasteiger partial charge is 0.399 e. The summed E-state index contributed by atoms with van der Waals surface area (Å²) >= 11 is 5.99. The van der Waals surface area contributed by atoms with Crippen LogP contribution in [-0.4, -0.2) is 81.4 Å². The highest BCUT2D eigenvalue weighted by Gasteiger charge is 2.53. The number of fused-ring (bicyclic) bond motifs is 15. The molecule has 1 fully saturated rings. The summed E-state index contributed by atoms with van der Waals surface area (Å²) in [6, 6.07) is 161. The maximum absolute atomic E-state index is 16.0. The third-order valence-electron chi connectivity index (χ3n) is 28.0. The fourth-order valence-corrected chi connectivity index (χ4v) is 20.3. The number of aromatic nitrogens is 13. The molecule has 8 heterocycles. The van der Waals surface area contributed by atoms with Crippen LogP contribution in [0.15, 0.2) is 479 Å². The highest BCUT2D eigenvalue weighted by atomic mass is 35.5. The summed E-state index contributed by atoms with van der Waals surface area (Å²) in [5.74, 6) is 3.64. The summed E-state index contributed by atoms with van der Waals surface area (Å²) in [7, 11) is -0.733. The first-order chi connectivity index (χ1) is 73.1. The lowest BCUT2D eigenvalue weighted by Gasteiger charge is -2.32. The van der Waals surface area contributed by atoms with Crippen molar-refractivity contribution < 1.29 is 18.1 Å². The number of benzene rings is 19. The predicted molar refractivity (Wildman–Crippen MR) is 602 cm³/mol. The Hall–Kier alpha value is -18.5. The van der Waals surface area contributed by atoms with Crippen molar-refractivity contribution in [3.8, 4) is 125 Å². The van der Waals surface area contributed by atoms with E-state index in [1.807, 2.05) is 282 Å². The largest absolute Gasteiger partial charge is 0.497 e. The number of para-hydroxylation sites is 8. The Labute approximate surface area is 864 Å². The monoisotopic (exact) mass is 1950 g/mol. The molecule has 0 atom stereocenters. The number of hydrogen-bond donors (Lipinski definition) is 0. The zero-order valence-corrected chi connectivity index (χ0v) is 82.4. The molecule has 0 bridgehead atoms. The van der Waals surface area contributed by atoms with E-state index in [9.17, 15) is 0 Å². The van der Waals surface area contributed by atoms with Gasteiger partial charge in [-0.05, 0) is 171 Å². The van der Waals surface area contributed by atoms with Gasteiger partial charge in [0.2, 0.25) is 5.28 Å². The number of hydrogen-bond acceptors (Lipinski definition) is 11. The van der Waals surface area contributed by atoms with Gasteiger partial charge in [0.15, 0.2) is 46.6 Å². The summed E-state index contributed by atoms with van der Waals surface area (Å²) in [5.41, 5.74) is 24.1. The van der Waals surface area contributed by atoms with Crippen LogP contribution in [0.25, 0.3) is 212 Å². The molecule has 0 spiro atoms. The van der Waals surface area contributed by atoms with Gasteiger partial charge in [-0.15, -0.1) is 0 Å². The van der Waals surface area contributed by atoms with Crippen LogP contribution in [0, 0.1) is 11.6 Å². The lowest BCUT2D eigenvalue weighted by atomic mass is 9.78. The van der Waals surface area contributed by atoms with E-state index in [1.165, 1.54) is 38.4 Å². The Kier molecular flexibility index (Phi) is 24.9. The van der Waals surface area contributed by atoms with Crippen molar-refractivity contribution >= 4 is 111 Å². The van der Waals surface area contributed by atoms with Crippen molar-refractivity contribution in [2.24, 2.45) is 0 Å². The zero-order chi connectivity index (χ0) is 101. The Morgan fingerprint density at radius 2 is 0.477 bits per heavy atom. The predicted octanol–water partition coefficient (Wildman–Crippen LogP) is 31.5. The summed E-state index contributed by atoms with van der Waals surface area (Å²) in [4.78, 5) is 42.5. The number of halogens is 3. The second-order valence-corrected chi connectivity index (χ2v) is 38.0. The van der Waals surface area contributed by atoms with Crippen molar-refractivity contribution in [1.82, 2.24) is 63.1 Å². The van der Waals surface area contributed by atoms with E-state index in [1.54, 1.807) is 12.1 Å². The molecule has 714 valence electrons. The van der Waals surface area contributed by atoms with Crippen LogP contribution in [0.5, 0.6) is 0 Å². The minimum Gasteiger partial charge on any atom is -0.399 e. The third kappa shape index (κ3) is 18.1. The third-order valence-corrected chi connectivity index (χ3v) is 28.1. The molecule has 0 amide bonds. The highest BCUT2D eigenvalue weighted by Crippen LogP contribution is 2.46. The quantitative estimate of drug-likeness (QED) is 0.101. The van der Waals surface area contributed by atoms with Gasteiger partial charge in [-0.25, -0.2) is 43.7 Å². The Bertz CT molecular complexity index is 9200. The molecule has 28 rings (SSSR count). The van der Waals surface area contributed by atoms with Gasteiger partial charge in [0.1, 0.15) is 11.6 Å². The van der Waals surface area contributed by atoms with Crippen LogP contribution in [0.2, 0.25) is 5.28 Å². The Morgan fingerprint density at radius 3 is 0.819 bits per heavy atom. The molecule has 26 aromatic rings. The highest BCUT2D eigenvalue weighted by molar-refractivity contribution is 6.62. The SMILES string of the molecule is CC1(C)OB(c2cc3c4ccccc4n(-c4ccccc4)c3cc2F)OC1(C)C.Clc1nc(-c2ccccc2)nc(-c2ccccc2)n1.Fc1cc2c(cc1-c1nc(-c3ccccc3)nc(-c3ccccc3)n1)c1ccccc1n2-c1ccccc1.c1ccc(-c2nc(-c3ccccc3)nc(-c3cc4c5ccccc5n(-c5ccccc5)c4cc3-n3c4ccccc4c4ccccc43)n2)cc1.c1ccc2c(c1)Cc1ccccc1-2. The van der Waals surface area contributed by atoms with Crippen molar-refractivity contribution in [2.75, 3.05) is 0 Å². The molecule has 15 nitrogen and oxygen atoms in total. The minimum absolute atomic E-state index is 0.202. The summed E-state index contributed by atoms with van der Waals surface area (Å²) < 4.78 is 52.5. The average Bonchev–Trinajstić information content (AvgIpc) is 1.56. The van der Waals surface area contributed by atoms with Crippen molar-refractivity contribution in [2.45, 2.75) is 45.3 Å². The molecule has 1 aliphatic heterocycles. The van der Waals surface area contributed by atoms with Crippen LogP contribution in [0.4, 0.5) is 8.78 Å². The molecule has 19 heteroatoms. The molecule has 1 aliphatic carbocycles. The molecule has 19 aromatic carbocycles. The molecule has 149 heavy (non-hydrogen) atoms. The fourth-order valence-electron chi connectivity index (χ4n) is 20.2. The van der Waals surface area contributed by atoms with Gasteiger partial charge in [0.25, 0.3) is 0 Å². The van der Waals surface area contributed by atoms with E-state index in [0.29, 0.717) is 57.6 Å². The average molecular weight is 1950 g/mol. The molecule has 0 saturated carbocycles. The van der Waals surface area contributed by atoms with Gasteiger partial charge in [0, 0.05) is 105 Å². The maximum atomic E-state index is 16.0. The first-order valence-electron chi connectivity index (χ1n) is 49.6. The van der Waals surface area contributed by atoms with E-state index >= 15 is 8.78 Å². The van der Waals surface area contributed by atoms with Gasteiger partial charge >= 0.3 is 7.12 Å². The molecule has 0 unspecified atom stereocenters. The van der Waals surface area contributed by atoms with E-state index in [0.717, 1.165) is 139 Å². The lowest BCUT2D eigenvalue weighted by Crippen LogP contribution is -2.41. The topological polar surface area (TPSA) is 154 Å². The van der Waals surface area contributed by atoms with E-state index < -0.39 is 18.3 Å². The second-order valence-electron chi connectivity index (χ2n) is 37.7. The van der Waals surface area contributed by atoms with E-state index in [2.05, 4.69) is 246 Å². The van der Waals surface area contributed by atoms with Gasteiger partial charge < -0.3 is 27.6 Å². The number of nitrogens with zero attached hydrogens (tertiary/aromatic N) is 13. The van der Waals surface area contributed by atoms with Gasteiger partial charge in [-0.2, -0.15) is 9.97 Å². The summed E-state index contributed by atoms with van der Waals surface area (Å²) in [6.45, 7) is 7.91. The Morgan fingerprint density at radius 1 is 0.228 bits per heavy atom. The van der Waals surface area contributed by atoms with Crippen molar-refractivity contribution in [3.05, 3.63) is 507 Å². The molecule has 7 aromatic heterocycles. The van der Waals surface area contributed by atoms with Crippen molar-refractivity contribution in [1.29, 1.82) is 0 Å². The van der Waals surface area contributed by atoms with Crippen molar-refractivity contribution in [3.63, 3.8) is 0 Å². The lowest BCUT2D eigenvalue weighted by molar-refractivity contribution is 0.00578. The zero-order valence-electron chi connectivity index (χ0n) is 81.7. The first kappa shape index (κ1) is 92.9. The van der Waals surface area contributed by atoms with Crippen LogP contribution in [-0.2, 0) is 15.7 Å². The molecule has 2 aliphatic rings. The molecular formula is C130H93BClF2N13O2. The molecule has 0 N–H and O–H groups in total. The van der Waals surface area contributed by atoms with E-state index in [-0.39, 0.29) is 16.9 Å². The minimum atomic E-state index is -0.733.